The van der Waals surface area contributed by atoms with Crippen LogP contribution in [0.3, 0.4) is 0 Å². The molecule has 4 aromatic heterocycles. The maximum absolute atomic E-state index is 6.50. The van der Waals surface area contributed by atoms with Crippen LogP contribution in [0.4, 0.5) is 11.6 Å². The predicted octanol–water partition coefficient (Wildman–Crippen LogP) is 4.41. The van der Waals surface area contributed by atoms with Crippen molar-refractivity contribution in [3.8, 4) is 17.1 Å². The second-order valence-corrected chi connectivity index (χ2v) is 16.5. The number of hydrogen-bond donors (Lipinski definition) is 2. The lowest BCUT2D eigenvalue weighted by Crippen LogP contribution is -2.45. The number of nitrogens with zero attached hydrogens (tertiary/aromatic N) is 6. The molecule has 2 N–H and O–H groups in total. The molecule has 1 saturated carbocycles. The van der Waals surface area contributed by atoms with Gasteiger partial charge in [0.25, 0.3) is 0 Å². The first-order valence-electron chi connectivity index (χ1n) is 12.8. The lowest BCUT2D eigenvalue weighted by Gasteiger charge is -2.34. The number of ether oxygens (including phenoxy) is 2. The van der Waals surface area contributed by atoms with Crippen LogP contribution in [0.5, 0.6) is 5.88 Å². The fourth-order valence-electron chi connectivity index (χ4n) is 4.32. The van der Waals surface area contributed by atoms with Crippen molar-refractivity contribution in [3.63, 3.8) is 0 Å². The maximum atomic E-state index is 6.50. The first kappa shape index (κ1) is 25.4. The summed E-state index contributed by atoms with van der Waals surface area (Å²) in [5, 5.41) is 11.7. The van der Waals surface area contributed by atoms with Gasteiger partial charge in [-0.2, -0.15) is 15.1 Å². The average Bonchev–Trinajstić information content (AvgIpc) is 3.42. The quantitative estimate of drug-likeness (QED) is 0.221. The molecule has 0 aliphatic heterocycles. The van der Waals surface area contributed by atoms with Gasteiger partial charge in [0.15, 0.2) is 5.65 Å². The van der Waals surface area contributed by atoms with Crippen LogP contribution in [-0.4, -0.2) is 63.2 Å². The average molecular weight is 521 g/mol. The van der Waals surface area contributed by atoms with Crippen molar-refractivity contribution >= 4 is 30.7 Å². The molecule has 1 fully saturated rings. The van der Waals surface area contributed by atoms with Crippen LogP contribution in [-0.2, 0) is 18.5 Å². The molecular weight excluding hydrogens is 484 g/mol. The van der Waals surface area contributed by atoms with Crippen LogP contribution in [0.15, 0.2) is 43.0 Å². The molecule has 196 valence electrons. The molecule has 4 heterocycles. The Hall–Kier alpha value is -3.28. The van der Waals surface area contributed by atoms with Crippen molar-refractivity contribution in [1.29, 1.82) is 0 Å². The standard InChI is InChI=1S/C26H36N8O2Si/c1-27-18-12-20(13-18)36-25-23-21(22-8-6-7-9-28-22)16-34(17-35-10-11-37(3,4)5)24(23)31-26(32-25)30-19-14-29-33(2)15-19/h6-9,14-16,18,20,27H,10-13,17H2,1-5H3,(H,30,31,32). The van der Waals surface area contributed by atoms with E-state index >= 15 is 0 Å². The molecule has 4 aromatic rings. The molecule has 0 spiro atoms. The van der Waals surface area contributed by atoms with Gasteiger partial charge in [0.1, 0.15) is 12.8 Å². The Kier molecular flexibility index (Phi) is 7.27. The van der Waals surface area contributed by atoms with Gasteiger partial charge in [-0.25, -0.2) is 0 Å². The Bertz CT molecular complexity index is 1340. The lowest BCUT2D eigenvalue weighted by molar-refractivity contribution is 0.0853. The molecule has 0 radical (unpaired) electrons. The van der Waals surface area contributed by atoms with E-state index in [0.717, 1.165) is 53.5 Å². The second-order valence-electron chi connectivity index (χ2n) is 10.9. The molecule has 0 amide bonds. The van der Waals surface area contributed by atoms with Crippen LogP contribution in [0.2, 0.25) is 25.7 Å². The molecule has 1 aliphatic rings. The first-order chi connectivity index (χ1) is 17.8. The Morgan fingerprint density at radius 3 is 2.65 bits per heavy atom. The minimum absolute atomic E-state index is 0.0923. The number of fused-ring (bicyclic) bond motifs is 1. The third kappa shape index (κ3) is 6.00. The largest absolute Gasteiger partial charge is 0.474 e. The van der Waals surface area contributed by atoms with E-state index in [1.54, 1.807) is 17.1 Å². The SMILES string of the molecule is CNC1CC(Oc2nc(Nc3cnn(C)c3)nc3c2c(-c2ccccn2)cn3COCC[Si](C)(C)C)C1. The number of pyridine rings is 1. The number of rotatable bonds is 11. The van der Waals surface area contributed by atoms with E-state index in [1.807, 2.05) is 49.3 Å². The van der Waals surface area contributed by atoms with Gasteiger partial charge in [0.2, 0.25) is 11.8 Å². The van der Waals surface area contributed by atoms with E-state index in [4.69, 9.17) is 19.4 Å². The lowest BCUT2D eigenvalue weighted by atomic mass is 9.89. The minimum atomic E-state index is -1.19. The maximum Gasteiger partial charge on any atom is 0.232 e. The van der Waals surface area contributed by atoms with Gasteiger partial charge in [0, 0.05) is 51.9 Å². The Morgan fingerprint density at radius 2 is 1.97 bits per heavy atom. The van der Waals surface area contributed by atoms with Crippen molar-refractivity contribution in [3.05, 3.63) is 43.0 Å². The van der Waals surface area contributed by atoms with Crippen molar-refractivity contribution in [2.24, 2.45) is 7.05 Å². The third-order valence-electron chi connectivity index (χ3n) is 6.59. The fourth-order valence-corrected chi connectivity index (χ4v) is 5.08. The van der Waals surface area contributed by atoms with Crippen LogP contribution in [0, 0.1) is 0 Å². The summed E-state index contributed by atoms with van der Waals surface area (Å²) in [6.07, 6.45) is 9.44. The van der Waals surface area contributed by atoms with Gasteiger partial charge in [0.05, 0.1) is 23.0 Å². The van der Waals surface area contributed by atoms with Crippen molar-refractivity contribution in [1.82, 2.24) is 34.6 Å². The minimum Gasteiger partial charge on any atom is -0.474 e. The zero-order valence-electron chi connectivity index (χ0n) is 22.2. The molecule has 11 heteroatoms. The highest BCUT2D eigenvalue weighted by molar-refractivity contribution is 6.76. The van der Waals surface area contributed by atoms with E-state index in [2.05, 4.69) is 40.4 Å². The highest BCUT2D eigenvalue weighted by atomic mass is 28.3. The Morgan fingerprint density at radius 1 is 1.14 bits per heavy atom. The summed E-state index contributed by atoms with van der Waals surface area (Å²) in [5.74, 6) is 1.01. The normalized spacial score (nSPS) is 17.6. The third-order valence-corrected chi connectivity index (χ3v) is 8.30. The van der Waals surface area contributed by atoms with Crippen molar-refractivity contribution < 1.29 is 9.47 Å². The van der Waals surface area contributed by atoms with Crippen LogP contribution < -0.4 is 15.4 Å². The molecule has 0 atom stereocenters. The smallest absolute Gasteiger partial charge is 0.232 e. The number of aryl methyl sites for hydroxylation is 1. The predicted molar refractivity (Wildman–Crippen MR) is 148 cm³/mol. The molecule has 0 aromatic carbocycles. The van der Waals surface area contributed by atoms with Crippen LogP contribution >= 0.6 is 0 Å². The van der Waals surface area contributed by atoms with E-state index < -0.39 is 8.07 Å². The highest BCUT2D eigenvalue weighted by Gasteiger charge is 2.31. The molecule has 0 bridgehead atoms. The van der Waals surface area contributed by atoms with E-state index in [9.17, 15) is 0 Å². The first-order valence-corrected chi connectivity index (χ1v) is 16.5. The summed E-state index contributed by atoms with van der Waals surface area (Å²) in [4.78, 5) is 14.4. The number of hydrogen-bond acceptors (Lipinski definition) is 8. The number of anilines is 2. The van der Waals surface area contributed by atoms with E-state index in [0.29, 0.717) is 24.6 Å². The number of aromatic nitrogens is 6. The Balaban J connectivity index is 1.55. The van der Waals surface area contributed by atoms with Gasteiger partial charge < -0.3 is 24.7 Å². The topological polar surface area (TPSA) is 104 Å². The molecule has 0 unspecified atom stereocenters. The molecule has 1 aliphatic carbocycles. The van der Waals surface area contributed by atoms with Crippen molar-refractivity contribution in [2.45, 2.75) is 57.4 Å². The summed E-state index contributed by atoms with van der Waals surface area (Å²) in [7, 11) is 2.67. The summed E-state index contributed by atoms with van der Waals surface area (Å²) >= 11 is 0. The van der Waals surface area contributed by atoms with Crippen LogP contribution in [0.25, 0.3) is 22.3 Å². The number of nitrogens with one attached hydrogen (secondary N) is 2. The zero-order valence-corrected chi connectivity index (χ0v) is 23.2. The fraction of sp³-hybridized carbons (Fsp3) is 0.462. The van der Waals surface area contributed by atoms with Gasteiger partial charge in [-0.05, 0) is 38.1 Å². The van der Waals surface area contributed by atoms with Gasteiger partial charge in [-0.15, -0.1) is 0 Å². The van der Waals surface area contributed by atoms with Gasteiger partial charge in [-0.3, -0.25) is 9.67 Å². The van der Waals surface area contributed by atoms with Gasteiger partial charge in [-0.1, -0.05) is 25.7 Å². The summed E-state index contributed by atoms with van der Waals surface area (Å²) in [5.41, 5.74) is 3.32. The van der Waals surface area contributed by atoms with E-state index in [-0.39, 0.29) is 6.10 Å². The molecule has 0 saturated heterocycles. The van der Waals surface area contributed by atoms with Gasteiger partial charge >= 0.3 is 0 Å². The van der Waals surface area contributed by atoms with Crippen LogP contribution in [0.1, 0.15) is 12.8 Å². The molecule has 10 nitrogen and oxygen atoms in total. The summed E-state index contributed by atoms with van der Waals surface area (Å²) in [6, 6.07) is 7.47. The van der Waals surface area contributed by atoms with E-state index in [1.165, 1.54) is 0 Å². The Labute approximate surface area is 218 Å². The molecule has 37 heavy (non-hydrogen) atoms. The zero-order chi connectivity index (χ0) is 26.0. The summed E-state index contributed by atoms with van der Waals surface area (Å²) in [6.45, 7) is 8.17. The van der Waals surface area contributed by atoms with Crippen molar-refractivity contribution in [2.75, 3.05) is 19.0 Å². The molecule has 5 rings (SSSR count). The summed E-state index contributed by atoms with van der Waals surface area (Å²) < 4.78 is 16.4. The highest BCUT2D eigenvalue weighted by Crippen LogP contribution is 2.38. The molecular formula is C26H36N8O2Si. The second kappa shape index (κ2) is 10.6. The monoisotopic (exact) mass is 520 g/mol.